The molecule has 3 nitrogen and oxygen atoms in total. The molecule has 1 fully saturated rings. The molecule has 0 bridgehead atoms. The van der Waals surface area contributed by atoms with Crippen LogP contribution in [0.2, 0.25) is 0 Å². The third-order valence-corrected chi connectivity index (χ3v) is 2.23. The summed E-state index contributed by atoms with van der Waals surface area (Å²) >= 11 is 0. The van der Waals surface area contributed by atoms with Crippen molar-refractivity contribution in [1.29, 1.82) is 0 Å². The Morgan fingerprint density at radius 3 is 2.46 bits per heavy atom. The molecule has 0 atom stereocenters. The van der Waals surface area contributed by atoms with E-state index in [4.69, 9.17) is 0 Å². The minimum absolute atomic E-state index is 0.406. The Labute approximate surface area is 78.5 Å². The molecule has 13 heavy (non-hydrogen) atoms. The van der Waals surface area contributed by atoms with Gasteiger partial charge < -0.3 is 0 Å². The monoisotopic (exact) mass is 177 g/mol. The van der Waals surface area contributed by atoms with Crippen LogP contribution in [0, 0.1) is 0 Å². The second kappa shape index (κ2) is 4.37. The molecule has 1 aromatic rings. The summed E-state index contributed by atoms with van der Waals surface area (Å²) in [7, 11) is 0. The van der Waals surface area contributed by atoms with Crippen LogP contribution < -0.4 is 16.0 Å². The van der Waals surface area contributed by atoms with Crippen LogP contribution >= 0.6 is 0 Å². The van der Waals surface area contributed by atoms with Gasteiger partial charge >= 0.3 is 0 Å². The number of benzene rings is 1. The zero-order chi connectivity index (χ0) is 8.93. The Balaban J connectivity index is 1.90. The fraction of sp³-hybridized carbons (Fsp3) is 0.400. The Bertz CT molecular complexity index is 242. The molecule has 1 heterocycles. The average Bonchev–Trinajstić information content (AvgIpc) is 2.21. The van der Waals surface area contributed by atoms with Gasteiger partial charge in [-0.2, -0.15) is 0 Å². The van der Waals surface area contributed by atoms with Crippen molar-refractivity contribution in [2.45, 2.75) is 12.6 Å². The maximum absolute atomic E-state index is 3.35. The quantitative estimate of drug-likeness (QED) is 0.606. The van der Waals surface area contributed by atoms with Gasteiger partial charge in [-0.1, -0.05) is 30.3 Å². The fourth-order valence-electron chi connectivity index (χ4n) is 1.52. The maximum atomic E-state index is 3.35. The van der Waals surface area contributed by atoms with Gasteiger partial charge in [0, 0.05) is 19.8 Å². The van der Waals surface area contributed by atoms with E-state index in [-0.39, 0.29) is 0 Å². The van der Waals surface area contributed by atoms with Crippen molar-refractivity contribution in [2.24, 2.45) is 0 Å². The lowest BCUT2D eigenvalue weighted by molar-refractivity contribution is 0.335. The smallest absolute Gasteiger partial charge is 0.0632 e. The molecule has 70 valence electrons. The van der Waals surface area contributed by atoms with Crippen LogP contribution in [0.15, 0.2) is 30.3 Å². The van der Waals surface area contributed by atoms with Crippen molar-refractivity contribution in [2.75, 3.05) is 13.3 Å². The second-order valence-electron chi connectivity index (χ2n) is 3.25. The van der Waals surface area contributed by atoms with Crippen LogP contribution in [-0.4, -0.2) is 19.5 Å². The Kier molecular flexibility index (Phi) is 2.92. The highest BCUT2D eigenvalue weighted by molar-refractivity contribution is 5.15. The molecule has 1 aromatic carbocycles. The second-order valence-corrected chi connectivity index (χ2v) is 3.25. The molecule has 2 rings (SSSR count). The van der Waals surface area contributed by atoms with Crippen LogP contribution in [-0.2, 0) is 6.42 Å². The molecule has 1 aliphatic heterocycles. The first kappa shape index (κ1) is 8.69. The van der Waals surface area contributed by atoms with Gasteiger partial charge in [-0.25, -0.2) is 0 Å². The molecule has 3 heteroatoms. The first-order valence-corrected chi connectivity index (χ1v) is 4.66. The van der Waals surface area contributed by atoms with E-state index in [9.17, 15) is 0 Å². The summed E-state index contributed by atoms with van der Waals surface area (Å²) in [5, 5.41) is 9.87. The summed E-state index contributed by atoms with van der Waals surface area (Å²) in [6.45, 7) is 1.79. The van der Waals surface area contributed by atoms with Crippen LogP contribution in [0.1, 0.15) is 5.56 Å². The molecule has 0 radical (unpaired) electrons. The van der Waals surface area contributed by atoms with Gasteiger partial charge in [-0.05, 0) is 5.56 Å². The van der Waals surface area contributed by atoms with Crippen LogP contribution in [0.4, 0.5) is 0 Å². The van der Waals surface area contributed by atoms with Gasteiger partial charge in [0.15, 0.2) is 0 Å². The highest BCUT2D eigenvalue weighted by Gasteiger charge is 2.10. The highest BCUT2D eigenvalue weighted by atomic mass is 15.3. The molecule has 1 saturated heterocycles. The van der Waals surface area contributed by atoms with E-state index in [0.29, 0.717) is 6.17 Å². The molecule has 1 aliphatic rings. The molecule has 0 aromatic heterocycles. The van der Waals surface area contributed by atoms with Gasteiger partial charge in [-0.3, -0.25) is 16.0 Å². The highest BCUT2D eigenvalue weighted by Crippen LogP contribution is 2.01. The summed E-state index contributed by atoms with van der Waals surface area (Å²) in [6, 6.07) is 10.5. The van der Waals surface area contributed by atoms with E-state index in [1.54, 1.807) is 0 Å². The van der Waals surface area contributed by atoms with Crippen molar-refractivity contribution >= 4 is 0 Å². The zero-order valence-corrected chi connectivity index (χ0v) is 7.59. The lowest BCUT2D eigenvalue weighted by atomic mass is 10.1. The summed E-state index contributed by atoms with van der Waals surface area (Å²) < 4.78 is 0. The molecule has 0 spiro atoms. The molecule has 0 unspecified atom stereocenters. The summed E-state index contributed by atoms with van der Waals surface area (Å²) in [6.07, 6.45) is 1.45. The van der Waals surface area contributed by atoms with Crippen molar-refractivity contribution in [3.63, 3.8) is 0 Å². The zero-order valence-electron chi connectivity index (χ0n) is 7.59. The first-order chi connectivity index (χ1) is 6.45. The van der Waals surface area contributed by atoms with E-state index in [1.165, 1.54) is 5.56 Å². The van der Waals surface area contributed by atoms with E-state index < -0.39 is 0 Å². The van der Waals surface area contributed by atoms with E-state index in [1.807, 2.05) is 6.07 Å². The van der Waals surface area contributed by atoms with Gasteiger partial charge in [0.2, 0.25) is 0 Å². The third-order valence-electron chi connectivity index (χ3n) is 2.23. The van der Waals surface area contributed by atoms with Crippen molar-refractivity contribution in [1.82, 2.24) is 16.0 Å². The number of rotatable bonds is 2. The van der Waals surface area contributed by atoms with Gasteiger partial charge in [0.05, 0.1) is 6.17 Å². The summed E-state index contributed by atoms with van der Waals surface area (Å²) in [4.78, 5) is 0. The van der Waals surface area contributed by atoms with Crippen LogP contribution in [0.5, 0.6) is 0 Å². The van der Waals surface area contributed by atoms with Gasteiger partial charge in [0.25, 0.3) is 0 Å². The molecular formula is C10H15N3. The SMILES string of the molecule is c1ccc(CC2NCNCN2)cc1. The molecule has 0 aliphatic carbocycles. The first-order valence-electron chi connectivity index (χ1n) is 4.66. The standard InChI is InChI=1S/C10H15N3/c1-2-4-9(5-3-1)6-10-12-7-11-8-13-10/h1-5,10-13H,6-8H2. The lowest BCUT2D eigenvalue weighted by Gasteiger charge is -2.25. The van der Waals surface area contributed by atoms with Crippen molar-refractivity contribution < 1.29 is 0 Å². The predicted molar refractivity (Wildman–Crippen MR) is 53.1 cm³/mol. The van der Waals surface area contributed by atoms with E-state index in [2.05, 4.69) is 40.2 Å². The fourth-order valence-corrected chi connectivity index (χ4v) is 1.52. The molecular weight excluding hydrogens is 162 g/mol. The molecule has 3 N–H and O–H groups in total. The van der Waals surface area contributed by atoms with E-state index in [0.717, 1.165) is 19.8 Å². The minimum Gasteiger partial charge on any atom is -0.292 e. The topological polar surface area (TPSA) is 36.1 Å². The largest absolute Gasteiger partial charge is 0.292 e. The number of hydrogen-bond donors (Lipinski definition) is 3. The third kappa shape index (κ3) is 2.52. The van der Waals surface area contributed by atoms with Gasteiger partial charge in [0.1, 0.15) is 0 Å². The minimum atomic E-state index is 0.406. The molecule has 0 saturated carbocycles. The van der Waals surface area contributed by atoms with Crippen molar-refractivity contribution in [3.05, 3.63) is 35.9 Å². The summed E-state index contributed by atoms with van der Waals surface area (Å²) in [5.41, 5.74) is 1.37. The van der Waals surface area contributed by atoms with Crippen LogP contribution in [0.25, 0.3) is 0 Å². The maximum Gasteiger partial charge on any atom is 0.0632 e. The number of hydrogen-bond acceptors (Lipinski definition) is 3. The molecule has 0 amide bonds. The lowest BCUT2D eigenvalue weighted by Crippen LogP contribution is -2.56. The van der Waals surface area contributed by atoms with Crippen molar-refractivity contribution in [3.8, 4) is 0 Å². The average molecular weight is 177 g/mol. The Hall–Kier alpha value is -0.900. The Morgan fingerprint density at radius 1 is 1.08 bits per heavy atom. The summed E-state index contributed by atoms with van der Waals surface area (Å²) in [5.74, 6) is 0. The van der Waals surface area contributed by atoms with E-state index >= 15 is 0 Å². The number of nitrogens with one attached hydrogen (secondary N) is 3. The predicted octanol–water partition coefficient (Wildman–Crippen LogP) is 0.253. The normalized spacial score (nSPS) is 18.8. The van der Waals surface area contributed by atoms with Gasteiger partial charge in [-0.15, -0.1) is 0 Å². The Morgan fingerprint density at radius 2 is 1.77 bits per heavy atom. The van der Waals surface area contributed by atoms with Crippen LogP contribution in [0.3, 0.4) is 0 Å².